The van der Waals surface area contributed by atoms with Gasteiger partial charge in [0.1, 0.15) is 0 Å². The van der Waals surface area contributed by atoms with Crippen LogP contribution in [0.25, 0.3) is 0 Å². The third-order valence-corrected chi connectivity index (χ3v) is 6.56. The van der Waals surface area contributed by atoms with Crippen LogP contribution in [0.2, 0.25) is 0 Å². The molecule has 0 rings (SSSR count). The molecule has 0 heterocycles. The highest BCUT2D eigenvalue weighted by molar-refractivity contribution is 5.69. The lowest BCUT2D eigenvalue weighted by Crippen LogP contribution is -2.27. The Morgan fingerprint density at radius 1 is 0.559 bits per heavy atom. The maximum atomic E-state index is 11.9. The fraction of sp³-hybridized carbons (Fsp3) is 0.931. The second kappa shape index (κ2) is 26.5. The number of carboxylic acid groups (broad SMARTS) is 1. The van der Waals surface area contributed by atoms with Gasteiger partial charge in [0, 0.05) is 12.8 Å². The first-order valence-electron chi connectivity index (χ1n) is 14.7. The molecule has 0 unspecified atom stereocenters. The standard InChI is InChI=1S/C29H57NO4/c1-3-5-7-9-11-16-20-27-34-29(33)23-17-13-12-15-19-25-30(26-21-22-28(31)32)24-18-14-10-8-6-4-2/h3-27H2,1-2H3,(H,31,32). The maximum absolute atomic E-state index is 11.9. The highest BCUT2D eigenvalue weighted by Crippen LogP contribution is 2.11. The second-order valence-electron chi connectivity index (χ2n) is 9.97. The normalized spacial score (nSPS) is 11.3. The van der Waals surface area contributed by atoms with Crippen molar-refractivity contribution in [3.63, 3.8) is 0 Å². The summed E-state index contributed by atoms with van der Waals surface area (Å²) >= 11 is 0. The molecule has 0 fully saturated rings. The van der Waals surface area contributed by atoms with E-state index in [0.717, 1.165) is 58.2 Å². The fourth-order valence-electron chi connectivity index (χ4n) is 4.36. The molecule has 34 heavy (non-hydrogen) atoms. The van der Waals surface area contributed by atoms with Gasteiger partial charge in [-0.2, -0.15) is 0 Å². The van der Waals surface area contributed by atoms with Gasteiger partial charge in [0.25, 0.3) is 0 Å². The van der Waals surface area contributed by atoms with Gasteiger partial charge in [-0.15, -0.1) is 0 Å². The molecule has 0 aromatic heterocycles. The summed E-state index contributed by atoms with van der Waals surface area (Å²) in [5.74, 6) is -0.727. The molecule has 0 radical (unpaired) electrons. The van der Waals surface area contributed by atoms with Crippen LogP contribution in [0.15, 0.2) is 0 Å². The van der Waals surface area contributed by atoms with Crippen LogP contribution in [0.5, 0.6) is 0 Å². The van der Waals surface area contributed by atoms with Gasteiger partial charge in [-0.1, -0.05) is 104 Å². The van der Waals surface area contributed by atoms with E-state index in [4.69, 9.17) is 9.84 Å². The Morgan fingerprint density at radius 2 is 1.00 bits per heavy atom. The molecule has 0 aliphatic heterocycles. The molecule has 0 aliphatic carbocycles. The molecule has 0 spiro atoms. The molecule has 0 saturated carbocycles. The van der Waals surface area contributed by atoms with Crippen LogP contribution in [0.3, 0.4) is 0 Å². The molecule has 0 aromatic carbocycles. The Morgan fingerprint density at radius 3 is 1.53 bits per heavy atom. The minimum Gasteiger partial charge on any atom is -0.481 e. The van der Waals surface area contributed by atoms with Crippen LogP contribution < -0.4 is 0 Å². The summed E-state index contributed by atoms with van der Waals surface area (Å²) in [7, 11) is 0. The van der Waals surface area contributed by atoms with E-state index >= 15 is 0 Å². The lowest BCUT2D eigenvalue weighted by Gasteiger charge is -2.22. The minimum atomic E-state index is -0.694. The van der Waals surface area contributed by atoms with Gasteiger partial charge in [-0.25, -0.2) is 0 Å². The van der Waals surface area contributed by atoms with Crippen LogP contribution in [0, 0.1) is 0 Å². The van der Waals surface area contributed by atoms with Crippen LogP contribution in [-0.2, 0) is 14.3 Å². The Labute approximate surface area is 211 Å². The van der Waals surface area contributed by atoms with Crippen molar-refractivity contribution >= 4 is 11.9 Å². The number of carbonyl (C=O) groups excluding carboxylic acids is 1. The molecular weight excluding hydrogens is 426 g/mol. The van der Waals surface area contributed by atoms with E-state index in [1.807, 2.05) is 0 Å². The lowest BCUT2D eigenvalue weighted by molar-refractivity contribution is -0.144. The Hall–Kier alpha value is -1.10. The van der Waals surface area contributed by atoms with E-state index < -0.39 is 5.97 Å². The number of rotatable bonds is 27. The Balaban J connectivity index is 3.70. The zero-order valence-electron chi connectivity index (χ0n) is 22.8. The first-order chi connectivity index (χ1) is 16.6. The highest BCUT2D eigenvalue weighted by atomic mass is 16.5. The minimum absolute atomic E-state index is 0.0328. The number of ether oxygens (including phenoxy) is 1. The summed E-state index contributed by atoms with van der Waals surface area (Å²) in [5, 5.41) is 8.92. The average Bonchev–Trinajstić information content (AvgIpc) is 2.81. The number of hydrogen-bond donors (Lipinski definition) is 1. The SMILES string of the molecule is CCCCCCCCCOC(=O)CCCCCCCN(CCCCCCCC)CCCC(=O)O. The lowest BCUT2D eigenvalue weighted by atomic mass is 10.1. The smallest absolute Gasteiger partial charge is 0.305 e. The van der Waals surface area contributed by atoms with Crippen molar-refractivity contribution in [3.8, 4) is 0 Å². The van der Waals surface area contributed by atoms with Crippen molar-refractivity contribution in [2.75, 3.05) is 26.2 Å². The summed E-state index contributed by atoms with van der Waals surface area (Å²) in [5.41, 5.74) is 0. The van der Waals surface area contributed by atoms with Crippen molar-refractivity contribution in [1.29, 1.82) is 0 Å². The number of hydrogen-bond acceptors (Lipinski definition) is 4. The summed E-state index contributed by atoms with van der Waals surface area (Å²) in [4.78, 5) is 25.1. The molecule has 0 aromatic rings. The molecule has 5 nitrogen and oxygen atoms in total. The Bertz CT molecular complexity index is 455. The van der Waals surface area contributed by atoms with Crippen LogP contribution in [-0.4, -0.2) is 48.2 Å². The van der Waals surface area contributed by atoms with Crippen LogP contribution in [0.1, 0.15) is 149 Å². The summed E-state index contributed by atoms with van der Waals surface area (Å²) in [6.45, 7) is 8.12. The van der Waals surface area contributed by atoms with Gasteiger partial charge in [0.05, 0.1) is 6.61 Å². The molecular formula is C29H57NO4. The van der Waals surface area contributed by atoms with Crippen molar-refractivity contribution in [2.45, 2.75) is 149 Å². The number of nitrogens with zero attached hydrogens (tertiary/aromatic N) is 1. The molecule has 0 bridgehead atoms. The zero-order valence-corrected chi connectivity index (χ0v) is 22.8. The van der Waals surface area contributed by atoms with Gasteiger partial charge in [-0.3, -0.25) is 9.59 Å². The average molecular weight is 484 g/mol. The van der Waals surface area contributed by atoms with E-state index in [1.54, 1.807) is 0 Å². The predicted molar refractivity (Wildman–Crippen MR) is 143 cm³/mol. The van der Waals surface area contributed by atoms with Crippen molar-refractivity contribution < 1.29 is 19.4 Å². The van der Waals surface area contributed by atoms with E-state index in [9.17, 15) is 9.59 Å². The monoisotopic (exact) mass is 483 g/mol. The predicted octanol–water partition coefficient (Wildman–Crippen LogP) is 8.15. The summed E-state index contributed by atoms with van der Waals surface area (Å²) < 4.78 is 5.36. The number of unbranched alkanes of at least 4 members (excludes halogenated alkanes) is 15. The largest absolute Gasteiger partial charge is 0.481 e. The third kappa shape index (κ3) is 25.5. The number of aliphatic carboxylic acids is 1. The fourth-order valence-corrected chi connectivity index (χ4v) is 4.36. The van der Waals surface area contributed by atoms with E-state index in [-0.39, 0.29) is 12.4 Å². The van der Waals surface area contributed by atoms with E-state index in [0.29, 0.717) is 13.0 Å². The summed E-state index contributed by atoms with van der Waals surface area (Å²) in [6.07, 6.45) is 23.5. The van der Waals surface area contributed by atoms with Gasteiger partial charge in [-0.05, 0) is 51.7 Å². The van der Waals surface area contributed by atoms with Gasteiger partial charge in [0.2, 0.25) is 0 Å². The topological polar surface area (TPSA) is 66.8 Å². The van der Waals surface area contributed by atoms with Gasteiger partial charge < -0.3 is 14.7 Å². The highest BCUT2D eigenvalue weighted by Gasteiger charge is 2.07. The number of esters is 1. The third-order valence-electron chi connectivity index (χ3n) is 6.56. The van der Waals surface area contributed by atoms with Crippen LogP contribution in [0.4, 0.5) is 0 Å². The van der Waals surface area contributed by atoms with Crippen molar-refractivity contribution in [1.82, 2.24) is 4.90 Å². The van der Waals surface area contributed by atoms with E-state index in [2.05, 4.69) is 18.7 Å². The maximum Gasteiger partial charge on any atom is 0.305 e. The number of carbonyl (C=O) groups is 2. The van der Waals surface area contributed by atoms with Gasteiger partial charge >= 0.3 is 11.9 Å². The Kier molecular flexibility index (Phi) is 25.6. The molecule has 202 valence electrons. The van der Waals surface area contributed by atoms with Crippen LogP contribution >= 0.6 is 0 Å². The molecule has 0 aliphatic rings. The quantitative estimate of drug-likeness (QED) is 0.0943. The first-order valence-corrected chi connectivity index (χ1v) is 14.7. The molecule has 0 amide bonds. The summed E-state index contributed by atoms with van der Waals surface area (Å²) in [6, 6.07) is 0. The molecule has 0 atom stereocenters. The zero-order chi connectivity index (χ0) is 25.1. The second-order valence-corrected chi connectivity index (χ2v) is 9.97. The number of carboxylic acids is 1. The first kappa shape index (κ1) is 32.9. The van der Waals surface area contributed by atoms with Gasteiger partial charge in [0.15, 0.2) is 0 Å². The molecule has 5 heteroatoms. The molecule has 0 saturated heterocycles. The van der Waals surface area contributed by atoms with E-state index in [1.165, 1.54) is 83.5 Å². The molecule has 1 N–H and O–H groups in total. The van der Waals surface area contributed by atoms with Crippen molar-refractivity contribution in [2.24, 2.45) is 0 Å². The van der Waals surface area contributed by atoms with Crippen molar-refractivity contribution in [3.05, 3.63) is 0 Å².